The standard InChI is InChI=1S/C30H47NO/c1-3-5-7-21-32-30-19-17-27(18-20-30)26-15-11-25(12-16-26)22-29(23-31)28-13-9-24(10-14-28)8-6-4-2/h17-20,24-26,28-29H,3-16,21-22H2,1-2H3. The third kappa shape index (κ3) is 7.83. The van der Waals surface area contributed by atoms with Crippen molar-refractivity contribution in [3.63, 3.8) is 0 Å². The molecule has 2 fully saturated rings. The van der Waals surface area contributed by atoms with Gasteiger partial charge >= 0.3 is 0 Å². The molecule has 1 aromatic rings. The molecule has 1 atom stereocenters. The van der Waals surface area contributed by atoms with Crippen molar-refractivity contribution >= 4 is 0 Å². The van der Waals surface area contributed by atoms with E-state index >= 15 is 0 Å². The smallest absolute Gasteiger partial charge is 0.119 e. The van der Waals surface area contributed by atoms with E-state index in [-0.39, 0.29) is 0 Å². The van der Waals surface area contributed by atoms with Crippen LogP contribution in [0.2, 0.25) is 0 Å². The minimum absolute atomic E-state index is 0.299. The summed E-state index contributed by atoms with van der Waals surface area (Å²) in [6, 6.07) is 11.6. The molecule has 2 aliphatic carbocycles. The van der Waals surface area contributed by atoms with Crippen molar-refractivity contribution < 1.29 is 4.74 Å². The van der Waals surface area contributed by atoms with Gasteiger partial charge in [0.05, 0.1) is 12.7 Å². The van der Waals surface area contributed by atoms with Crippen LogP contribution in [-0.4, -0.2) is 6.61 Å². The average Bonchev–Trinajstić information content (AvgIpc) is 2.85. The molecular weight excluding hydrogens is 390 g/mol. The van der Waals surface area contributed by atoms with Crippen molar-refractivity contribution in [2.24, 2.45) is 23.7 Å². The van der Waals surface area contributed by atoms with Gasteiger partial charge in [0.25, 0.3) is 0 Å². The van der Waals surface area contributed by atoms with Crippen LogP contribution in [0.1, 0.15) is 122 Å². The van der Waals surface area contributed by atoms with Crippen molar-refractivity contribution in [3.8, 4) is 11.8 Å². The normalized spacial score (nSPS) is 26.9. The Bertz CT molecular complexity index is 659. The van der Waals surface area contributed by atoms with Gasteiger partial charge in [-0.2, -0.15) is 5.26 Å². The molecule has 2 heteroatoms. The quantitative estimate of drug-likeness (QED) is 0.305. The molecule has 32 heavy (non-hydrogen) atoms. The summed E-state index contributed by atoms with van der Waals surface area (Å²) in [6.45, 7) is 5.35. The Kier molecular flexibility index (Phi) is 10.9. The fourth-order valence-electron chi connectivity index (χ4n) is 6.19. The summed E-state index contributed by atoms with van der Waals surface area (Å²) in [5, 5.41) is 9.90. The van der Waals surface area contributed by atoms with E-state index < -0.39 is 0 Å². The second kappa shape index (κ2) is 13.9. The SMILES string of the molecule is CCCCCOc1ccc(C2CCC(CC(C#N)C3CCC(CCCC)CC3)CC2)cc1. The van der Waals surface area contributed by atoms with E-state index in [0.29, 0.717) is 17.8 Å². The first-order valence-electron chi connectivity index (χ1n) is 13.9. The number of benzene rings is 1. The number of unbranched alkanes of at least 4 members (excludes halogenated alkanes) is 3. The molecule has 0 saturated heterocycles. The summed E-state index contributed by atoms with van der Waals surface area (Å²) >= 11 is 0. The van der Waals surface area contributed by atoms with E-state index in [1.807, 2.05) is 0 Å². The molecule has 0 radical (unpaired) electrons. The molecule has 1 unspecified atom stereocenters. The van der Waals surface area contributed by atoms with Gasteiger partial charge in [-0.15, -0.1) is 0 Å². The Hall–Kier alpha value is -1.49. The first-order chi connectivity index (χ1) is 15.7. The molecular formula is C30H47NO. The number of nitriles is 1. The Morgan fingerprint density at radius 2 is 1.50 bits per heavy atom. The van der Waals surface area contributed by atoms with Gasteiger partial charge in [-0.25, -0.2) is 0 Å². The second-order valence-corrected chi connectivity index (χ2v) is 10.7. The van der Waals surface area contributed by atoms with Crippen molar-refractivity contribution in [3.05, 3.63) is 29.8 Å². The topological polar surface area (TPSA) is 33.0 Å². The van der Waals surface area contributed by atoms with Gasteiger partial charge < -0.3 is 4.74 Å². The highest BCUT2D eigenvalue weighted by Gasteiger charge is 2.31. The molecule has 2 aliphatic rings. The maximum atomic E-state index is 9.90. The van der Waals surface area contributed by atoms with Crippen LogP contribution in [-0.2, 0) is 0 Å². The molecule has 0 aliphatic heterocycles. The number of hydrogen-bond acceptors (Lipinski definition) is 2. The maximum absolute atomic E-state index is 9.90. The van der Waals surface area contributed by atoms with Gasteiger partial charge in [0, 0.05) is 5.92 Å². The Labute approximate surface area is 198 Å². The van der Waals surface area contributed by atoms with Crippen molar-refractivity contribution in [1.29, 1.82) is 5.26 Å². The van der Waals surface area contributed by atoms with Crippen LogP contribution in [0.25, 0.3) is 0 Å². The van der Waals surface area contributed by atoms with Crippen LogP contribution in [0.5, 0.6) is 5.75 Å². The molecule has 3 rings (SSSR count). The molecule has 2 saturated carbocycles. The van der Waals surface area contributed by atoms with Gasteiger partial charge in [0.2, 0.25) is 0 Å². The minimum Gasteiger partial charge on any atom is -0.494 e. The van der Waals surface area contributed by atoms with Crippen LogP contribution in [0.15, 0.2) is 24.3 Å². The molecule has 0 N–H and O–H groups in total. The zero-order valence-electron chi connectivity index (χ0n) is 20.9. The third-order valence-corrected chi connectivity index (χ3v) is 8.39. The highest BCUT2D eigenvalue weighted by Crippen LogP contribution is 2.42. The monoisotopic (exact) mass is 437 g/mol. The Balaban J connectivity index is 1.39. The number of nitrogens with zero attached hydrogens (tertiary/aromatic N) is 1. The van der Waals surface area contributed by atoms with E-state index in [2.05, 4.69) is 44.2 Å². The van der Waals surface area contributed by atoms with Crippen molar-refractivity contribution in [1.82, 2.24) is 0 Å². The molecule has 0 aromatic heterocycles. The largest absolute Gasteiger partial charge is 0.494 e. The lowest BCUT2D eigenvalue weighted by Gasteiger charge is -2.34. The fraction of sp³-hybridized carbons (Fsp3) is 0.767. The van der Waals surface area contributed by atoms with Gasteiger partial charge in [0.1, 0.15) is 5.75 Å². The first kappa shape index (κ1) is 25.1. The van der Waals surface area contributed by atoms with Gasteiger partial charge in [-0.05, 0) is 92.7 Å². The summed E-state index contributed by atoms with van der Waals surface area (Å²) in [6.07, 6.45) is 19.4. The zero-order chi connectivity index (χ0) is 22.6. The molecule has 0 heterocycles. The molecule has 0 spiro atoms. The highest BCUT2D eigenvalue weighted by molar-refractivity contribution is 5.29. The van der Waals surface area contributed by atoms with E-state index in [4.69, 9.17) is 4.74 Å². The summed E-state index contributed by atoms with van der Waals surface area (Å²) in [4.78, 5) is 0. The van der Waals surface area contributed by atoms with Crippen molar-refractivity contribution in [2.45, 2.75) is 116 Å². The van der Waals surface area contributed by atoms with Gasteiger partial charge in [-0.1, -0.05) is 70.9 Å². The lowest BCUT2D eigenvalue weighted by atomic mass is 9.70. The third-order valence-electron chi connectivity index (χ3n) is 8.39. The highest BCUT2D eigenvalue weighted by atomic mass is 16.5. The van der Waals surface area contributed by atoms with Gasteiger partial charge in [0.15, 0.2) is 0 Å². The van der Waals surface area contributed by atoms with E-state index in [1.165, 1.54) is 89.0 Å². The van der Waals surface area contributed by atoms with Crippen LogP contribution in [0.4, 0.5) is 0 Å². The number of rotatable bonds is 12. The Morgan fingerprint density at radius 1 is 0.844 bits per heavy atom. The Morgan fingerprint density at radius 3 is 2.12 bits per heavy atom. The second-order valence-electron chi connectivity index (χ2n) is 10.7. The fourth-order valence-corrected chi connectivity index (χ4v) is 6.19. The van der Waals surface area contributed by atoms with Crippen LogP contribution < -0.4 is 4.74 Å². The number of ether oxygens (including phenoxy) is 1. The molecule has 178 valence electrons. The van der Waals surface area contributed by atoms with E-state index in [1.54, 1.807) is 0 Å². The average molecular weight is 438 g/mol. The lowest BCUT2D eigenvalue weighted by Crippen LogP contribution is -2.24. The van der Waals surface area contributed by atoms with Gasteiger partial charge in [-0.3, -0.25) is 0 Å². The van der Waals surface area contributed by atoms with Crippen molar-refractivity contribution in [2.75, 3.05) is 6.61 Å². The van der Waals surface area contributed by atoms with E-state index in [9.17, 15) is 5.26 Å². The predicted octanol–water partition coefficient (Wildman–Crippen LogP) is 9.06. The van der Waals surface area contributed by atoms with Crippen LogP contribution in [0.3, 0.4) is 0 Å². The molecule has 2 nitrogen and oxygen atoms in total. The molecule has 1 aromatic carbocycles. The molecule has 0 bridgehead atoms. The summed E-state index contributed by atoms with van der Waals surface area (Å²) < 4.78 is 5.88. The first-order valence-corrected chi connectivity index (χ1v) is 13.9. The summed E-state index contributed by atoms with van der Waals surface area (Å²) in [7, 11) is 0. The van der Waals surface area contributed by atoms with E-state index in [0.717, 1.165) is 37.0 Å². The molecule has 0 amide bonds. The lowest BCUT2D eigenvalue weighted by molar-refractivity contribution is 0.188. The van der Waals surface area contributed by atoms with Crippen LogP contribution >= 0.6 is 0 Å². The maximum Gasteiger partial charge on any atom is 0.119 e. The minimum atomic E-state index is 0.299. The number of hydrogen-bond donors (Lipinski definition) is 0. The zero-order valence-corrected chi connectivity index (χ0v) is 20.9. The predicted molar refractivity (Wildman–Crippen MR) is 135 cm³/mol. The summed E-state index contributed by atoms with van der Waals surface area (Å²) in [5.41, 5.74) is 1.48. The summed E-state index contributed by atoms with van der Waals surface area (Å²) in [5.74, 6) is 4.37. The van der Waals surface area contributed by atoms with Crippen LogP contribution in [0, 0.1) is 35.0 Å².